The first-order valence-electron chi connectivity index (χ1n) is 5.21. The van der Waals surface area contributed by atoms with Gasteiger partial charge in [-0.1, -0.05) is 34.8 Å². The van der Waals surface area contributed by atoms with Crippen molar-refractivity contribution in [1.82, 2.24) is 10.2 Å². The Morgan fingerprint density at radius 1 is 1.20 bits per heavy atom. The van der Waals surface area contributed by atoms with E-state index in [4.69, 9.17) is 40.1 Å². The Morgan fingerprint density at radius 3 is 2.60 bits per heavy atom. The number of carbonyl (C=O) groups excluding carboxylic acids is 1. The lowest BCUT2D eigenvalue weighted by Crippen LogP contribution is -2.14. The number of carbonyl (C=O) groups is 1. The van der Waals surface area contributed by atoms with Crippen LogP contribution in [0, 0.1) is 11.3 Å². The summed E-state index contributed by atoms with van der Waals surface area (Å²) in [6.07, 6.45) is 0. The Hall–Kier alpha value is -1.87. The number of hydrogen-bond acceptors (Lipinski definition) is 4. The maximum absolute atomic E-state index is 12.0. The van der Waals surface area contributed by atoms with Crippen LogP contribution in [0.2, 0.25) is 15.3 Å². The van der Waals surface area contributed by atoms with Gasteiger partial charge in [-0.2, -0.15) is 5.26 Å². The highest BCUT2D eigenvalue weighted by molar-refractivity contribution is 6.36. The average Bonchev–Trinajstić information content (AvgIpc) is 2.43. The van der Waals surface area contributed by atoms with E-state index in [0.29, 0.717) is 11.3 Å². The highest BCUT2D eigenvalue weighted by Crippen LogP contribution is 2.24. The minimum absolute atomic E-state index is 0.0467. The van der Waals surface area contributed by atoms with Crippen molar-refractivity contribution in [3.63, 3.8) is 0 Å². The topological polar surface area (TPSA) is 78.7 Å². The Kier molecular flexibility index (Phi) is 4.40. The molecule has 0 radical (unpaired) electrons. The van der Waals surface area contributed by atoms with Gasteiger partial charge in [-0.15, -0.1) is 10.2 Å². The van der Waals surface area contributed by atoms with Crippen LogP contribution < -0.4 is 5.32 Å². The number of amides is 1. The molecule has 1 heterocycles. The van der Waals surface area contributed by atoms with Crippen LogP contribution >= 0.6 is 34.8 Å². The van der Waals surface area contributed by atoms with E-state index < -0.39 is 5.91 Å². The number of halogens is 3. The fourth-order valence-corrected chi connectivity index (χ4v) is 1.94. The van der Waals surface area contributed by atoms with Gasteiger partial charge in [0.25, 0.3) is 5.91 Å². The first-order valence-corrected chi connectivity index (χ1v) is 6.34. The molecule has 1 aromatic heterocycles. The van der Waals surface area contributed by atoms with E-state index in [9.17, 15) is 4.79 Å². The second kappa shape index (κ2) is 6.06. The van der Waals surface area contributed by atoms with Crippen LogP contribution in [0.4, 0.5) is 5.69 Å². The normalized spacial score (nSPS) is 9.90. The van der Waals surface area contributed by atoms with Crippen molar-refractivity contribution in [1.29, 1.82) is 5.26 Å². The molecule has 1 amide bonds. The molecular formula is C12H5Cl3N4O. The zero-order chi connectivity index (χ0) is 14.7. The lowest BCUT2D eigenvalue weighted by molar-refractivity contribution is 0.102. The van der Waals surface area contributed by atoms with Crippen molar-refractivity contribution in [2.24, 2.45) is 0 Å². The van der Waals surface area contributed by atoms with E-state index in [1.54, 1.807) is 0 Å². The van der Waals surface area contributed by atoms with Crippen molar-refractivity contribution in [3.05, 3.63) is 50.7 Å². The number of rotatable bonds is 2. The first-order chi connectivity index (χ1) is 9.51. The predicted molar refractivity (Wildman–Crippen MR) is 76.2 cm³/mol. The zero-order valence-electron chi connectivity index (χ0n) is 9.69. The molecule has 20 heavy (non-hydrogen) atoms. The summed E-state index contributed by atoms with van der Waals surface area (Å²) in [6, 6.07) is 7.72. The van der Waals surface area contributed by atoms with Gasteiger partial charge in [-0.25, -0.2) is 0 Å². The Morgan fingerprint density at radius 2 is 1.95 bits per heavy atom. The molecule has 2 aromatic rings. The van der Waals surface area contributed by atoms with Crippen LogP contribution in [0.15, 0.2) is 24.3 Å². The molecule has 2 rings (SSSR count). The number of nitriles is 1. The number of benzene rings is 1. The summed E-state index contributed by atoms with van der Waals surface area (Å²) in [4.78, 5) is 12.0. The molecule has 1 aromatic carbocycles. The van der Waals surface area contributed by atoms with Gasteiger partial charge in [-0.05, 0) is 24.3 Å². The van der Waals surface area contributed by atoms with Crippen molar-refractivity contribution in [2.75, 3.05) is 5.32 Å². The third kappa shape index (κ3) is 3.17. The highest BCUT2D eigenvalue weighted by atomic mass is 35.5. The largest absolute Gasteiger partial charge is 0.321 e. The van der Waals surface area contributed by atoms with Crippen molar-refractivity contribution in [3.8, 4) is 6.07 Å². The molecule has 0 aliphatic rings. The molecular weight excluding hydrogens is 323 g/mol. The molecule has 0 atom stereocenters. The van der Waals surface area contributed by atoms with E-state index in [1.165, 1.54) is 24.3 Å². The third-order valence-electron chi connectivity index (χ3n) is 2.31. The van der Waals surface area contributed by atoms with Crippen molar-refractivity contribution >= 4 is 46.4 Å². The summed E-state index contributed by atoms with van der Waals surface area (Å²) < 4.78 is 0. The highest BCUT2D eigenvalue weighted by Gasteiger charge is 2.14. The van der Waals surface area contributed by atoms with Crippen molar-refractivity contribution < 1.29 is 4.79 Å². The van der Waals surface area contributed by atoms with Gasteiger partial charge < -0.3 is 5.32 Å². The molecule has 0 spiro atoms. The molecule has 5 nitrogen and oxygen atoms in total. The van der Waals surface area contributed by atoms with Gasteiger partial charge in [-0.3, -0.25) is 4.79 Å². The SMILES string of the molecule is N#Cc1ccc(NC(=O)c2cc(Cl)nnc2Cl)c(Cl)c1. The van der Waals surface area contributed by atoms with Crippen LogP contribution in [-0.4, -0.2) is 16.1 Å². The monoisotopic (exact) mass is 326 g/mol. The lowest BCUT2D eigenvalue weighted by Gasteiger charge is -2.08. The molecule has 0 bridgehead atoms. The van der Waals surface area contributed by atoms with Crippen LogP contribution in [0.1, 0.15) is 15.9 Å². The van der Waals surface area contributed by atoms with Gasteiger partial charge in [0.05, 0.1) is 27.9 Å². The molecule has 0 unspecified atom stereocenters. The third-order valence-corrected chi connectivity index (χ3v) is 3.09. The van der Waals surface area contributed by atoms with Crippen LogP contribution in [0.3, 0.4) is 0 Å². The Balaban J connectivity index is 2.28. The zero-order valence-corrected chi connectivity index (χ0v) is 12.0. The van der Waals surface area contributed by atoms with Crippen molar-refractivity contribution in [2.45, 2.75) is 0 Å². The molecule has 8 heteroatoms. The summed E-state index contributed by atoms with van der Waals surface area (Å²) >= 11 is 17.4. The summed E-state index contributed by atoms with van der Waals surface area (Å²) in [5, 5.41) is 18.6. The maximum Gasteiger partial charge on any atom is 0.259 e. The van der Waals surface area contributed by atoms with E-state index in [1.807, 2.05) is 6.07 Å². The maximum atomic E-state index is 12.0. The minimum atomic E-state index is -0.529. The molecule has 0 aliphatic heterocycles. The predicted octanol–water partition coefficient (Wildman–Crippen LogP) is 3.56. The summed E-state index contributed by atoms with van der Waals surface area (Å²) in [5.41, 5.74) is 0.811. The molecule has 1 N–H and O–H groups in total. The fourth-order valence-electron chi connectivity index (χ4n) is 1.39. The number of aromatic nitrogens is 2. The standard InChI is InChI=1S/C12H5Cl3N4O/c13-8-3-6(5-16)1-2-9(8)17-12(20)7-4-10(14)18-19-11(7)15/h1-4H,(H,17,20). The molecule has 0 saturated carbocycles. The van der Waals surface area contributed by atoms with Gasteiger partial charge in [0.2, 0.25) is 0 Å². The minimum Gasteiger partial charge on any atom is -0.321 e. The first kappa shape index (κ1) is 14.5. The second-order valence-electron chi connectivity index (χ2n) is 3.63. The summed E-state index contributed by atoms with van der Waals surface area (Å²) in [5.74, 6) is -0.529. The van der Waals surface area contributed by atoms with E-state index >= 15 is 0 Å². The number of nitrogens with zero attached hydrogens (tertiary/aromatic N) is 3. The van der Waals surface area contributed by atoms with E-state index in [-0.39, 0.29) is 20.9 Å². The Bertz CT molecular complexity index is 727. The van der Waals surface area contributed by atoms with Gasteiger partial charge in [0.15, 0.2) is 10.3 Å². The number of hydrogen-bond donors (Lipinski definition) is 1. The van der Waals surface area contributed by atoms with Crippen LogP contribution in [0.25, 0.3) is 0 Å². The smallest absolute Gasteiger partial charge is 0.259 e. The Labute approximate surface area is 129 Å². The second-order valence-corrected chi connectivity index (χ2v) is 4.78. The quantitative estimate of drug-likeness (QED) is 0.914. The van der Waals surface area contributed by atoms with Crippen LogP contribution in [-0.2, 0) is 0 Å². The van der Waals surface area contributed by atoms with Gasteiger partial charge in [0, 0.05) is 0 Å². The molecule has 0 fully saturated rings. The number of nitrogens with one attached hydrogen (secondary N) is 1. The molecule has 0 saturated heterocycles. The lowest BCUT2D eigenvalue weighted by atomic mass is 10.2. The average molecular weight is 328 g/mol. The molecule has 0 aliphatic carbocycles. The van der Waals surface area contributed by atoms with E-state index in [0.717, 1.165) is 0 Å². The summed E-state index contributed by atoms with van der Waals surface area (Å²) in [6.45, 7) is 0. The number of anilines is 1. The van der Waals surface area contributed by atoms with Gasteiger partial charge in [0.1, 0.15) is 0 Å². The summed E-state index contributed by atoms with van der Waals surface area (Å²) in [7, 11) is 0. The van der Waals surface area contributed by atoms with Gasteiger partial charge >= 0.3 is 0 Å². The van der Waals surface area contributed by atoms with E-state index in [2.05, 4.69) is 15.5 Å². The van der Waals surface area contributed by atoms with Crippen LogP contribution in [0.5, 0.6) is 0 Å². The molecule has 100 valence electrons. The fraction of sp³-hybridized carbons (Fsp3) is 0.